The fourth-order valence-corrected chi connectivity index (χ4v) is 1.36. The van der Waals surface area contributed by atoms with Gasteiger partial charge in [0.25, 0.3) is 0 Å². The predicted octanol–water partition coefficient (Wildman–Crippen LogP) is 1.73. The van der Waals surface area contributed by atoms with Crippen molar-refractivity contribution in [2.24, 2.45) is 5.92 Å². The van der Waals surface area contributed by atoms with Gasteiger partial charge in [0, 0.05) is 24.5 Å². The molecule has 0 aliphatic carbocycles. The molecule has 0 spiro atoms. The van der Waals surface area contributed by atoms with Crippen LogP contribution in [0.15, 0.2) is 12.1 Å². The van der Waals surface area contributed by atoms with Gasteiger partial charge in [-0.3, -0.25) is 0 Å². The van der Waals surface area contributed by atoms with Crippen LogP contribution in [0.2, 0.25) is 0 Å². The van der Waals surface area contributed by atoms with E-state index in [2.05, 4.69) is 37.5 Å². The fourth-order valence-electron chi connectivity index (χ4n) is 1.36. The van der Waals surface area contributed by atoms with Gasteiger partial charge in [-0.05, 0) is 31.9 Å². The molecule has 1 heterocycles. The summed E-state index contributed by atoms with van der Waals surface area (Å²) in [6.45, 7) is 7.42. The molecule has 2 nitrogen and oxygen atoms in total. The number of rotatable bonds is 3. The van der Waals surface area contributed by atoms with Gasteiger partial charge in [0.1, 0.15) is 0 Å². The molecular weight excluding hydrogens is 150 g/mol. The Morgan fingerprint density at radius 2 is 1.83 bits per heavy atom. The first-order chi connectivity index (χ1) is 5.65. The van der Waals surface area contributed by atoms with Crippen molar-refractivity contribution in [3.05, 3.63) is 23.5 Å². The molecule has 2 heteroatoms. The molecule has 0 saturated carbocycles. The molecule has 1 N–H and O–H groups in total. The lowest BCUT2D eigenvalue weighted by atomic mass is 10.2. The van der Waals surface area contributed by atoms with Gasteiger partial charge in [0.2, 0.25) is 0 Å². The van der Waals surface area contributed by atoms with Crippen LogP contribution in [0.25, 0.3) is 0 Å². The molecule has 0 amide bonds. The molecule has 12 heavy (non-hydrogen) atoms. The highest BCUT2D eigenvalue weighted by atomic mass is 16.3. The second-order valence-electron chi connectivity index (χ2n) is 3.51. The van der Waals surface area contributed by atoms with Gasteiger partial charge in [-0.2, -0.15) is 0 Å². The lowest BCUT2D eigenvalue weighted by Crippen LogP contribution is -2.13. The topological polar surface area (TPSA) is 25.2 Å². The Labute approximate surface area is 73.8 Å². The predicted molar refractivity (Wildman–Crippen MR) is 50.2 cm³/mol. The zero-order valence-corrected chi connectivity index (χ0v) is 8.04. The van der Waals surface area contributed by atoms with E-state index in [4.69, 9.17) is 5.11 Å². The van der Waals surface area contributed by atoms with Crippen LogP contribution in [0.4, 0.5) is 0 Å². The quantitative estimate of drug-likeness (QED) is 0.728. The van der Waals surface area contributed by atoms with Crippen molar-refractivity contribution < 1.29 is 5.11 Å². The van der Waals surface area contributed by atoms with Crippen LogP contribution in [0.1, 0.15) is 18.3 Å². The van der Waals surface area contributed by atoms with E-state index in [1.165, 1.54) is 11.4 Å². The van der Waals surface area contributed by atoms with Crippen molar-refractivity contribution in [3.63, 3.8) is 0 Å². The smallest absolute Gasteiger partial charge is 0.0473 e. The van der Waals surface area contributed by atoms with Crippen molar-refractivity contribution in [1.82, 2.24) is 4.57 Å². The second kappa shape index (κ2) is 3.76. The molecule has 1 aromatic heterocycles. The van der Waals surface area contributed by atoms with Crippen molar-refractivity contribution in [1.29, 1.82) is 0 Å². The number of aliphatic hydroxyl groups excluding tert-OH is 1. The summed E-state index contributed by atoms with van der Waals surface area (Å²) < 4.78 is 2.24. The second-order valence-corrected chi connectivity index (χ2v) is 3.51. The average molecular weight is 167 g/mol. The zero-order chi connectivity index (χ0) is 9.14. The van der Waals surface area contributed by atoms with Crippen LogP contribution in [0.5, 0.6) is 0 Å². The van der Waals surface area contributed by atoms with Gasteiger partial charge >= 0.3 is 0 Å². The van der Waals surface area contributed by atoms with Gasteiger partial charge in [0.15, 0.2) is 0 Å². The van der Waals surface area contributed by atoms with Crippen molar-refractivity contribution in [2.45, 2.75) is 27.3 Å². The molecule has 0 radical (unpaired) electrons. The molecule has 1 aromatic rings. The minimum atomic E-state index is 0.261. The standard InChI is InChI=1S/C10H17NO/c1-8(7-12)6-11-9(2)4-5-10(11)3/h4-5,8,12H,6-7H2,1-3H3. The number of aliphatic hydroxyl groups is 1. The first-order valence-corrected chi connectivity index (χ1v) is 4.38. The van der Waals surface area contributed by atoms with Crippen molar-refractivity contribution in [2.75, 3.05) is 6.61 Å². The van der Waals surface area contributed by atoms with Crippen LogP contribution < -0.4 is 0 Å². The summed E-state index contributed by atoms with van der Waals surface area (Å²) in [5, 5.41) is 8.90. The molecule has 0 aliphatic heterocycles. The molecular formula is C10H17NO. The molecule has 1 unspecified atom stereocenters. The zero-order valence-electron chi connectivity index (χ0n) is 8.04. The molecule has 0 saturated heterocycles. The van der Waals surface area contributed by atoms with E-state index in [1.807, 2.05) is 0 Å². The van der Waals surface area contributed by atoms with Crippen LogP contribution in [-0.4, -0.2) is 16.3 Å². The maximum absolute atomic E-state index is 8.90. The lowest BCUT2D eigenvalue weighted by molar-refractivity contribution is 0.222. The Morgan fingerprint density at radius 1 is 1.33 bits per heavy atom. The molecule has 0 aliphatic rings. The third-order valence-electron chi connectivity index (χ3n) is 2.22. The van der Waals surface area contributed by atoms with Crippen LogP contribution >= 0.6 is 0 Å². The van der Waals surface area contributed by atoms with Crippen molar-refractivity contribution >= 4 is 0 Å². The van der Waals surface area contributed by atoms with Crippen LogP contribution in [0, 0.1) is 19.8 Å². The van der Waals surface area contributed by atoms with Crippen molar-refractivity contribution in [3.8, 4) is 0 Å². The summed E-state index contributed by atoms with van der Waals surface area (Å²) >= 11 is 0. The minimum Gasteiger partial charge on any atom is -0.396 e. The monoisotopic (exact) mass is 167 g/mol. The van der Waals surface area contributed by atoms with E-state index in [9.17, 15) is 0 Å². The highest BCUT2D eigenvalue weighted by Gasteiger charge is 2.05. The normalized spacial score (nSPS) is 13.3. The molecule has 0 fully saturated rings. The van der Waals surface area contributed by atoms with E-state index in [1.54, 1.807) is 0 Å². The maximum atomic E-state index is 8.90. The number of aryl methyl sites for hydroxylation is 2. The van der Waals surface area contributed by atoms with E-state index in [-0.39, 0.29) is 6.61 Å². The minimum absolute atomic E-state index is 0.261. The summed E-state index contributed by atoms with van der Waals surface area (Å²) in [6.07, 6.45) is 0. The summed E-state index contributed by atoms with van der Waals surface area (Å²) in [6, 6.07) is 4.22. The number of aromatic nitrogens is 1. The first kappa shape index (κ1) is 9.33. The summed E-state index contributed by atoms with van der Waals surface area (Å²) in [5.41, 5.74) is 2.54. The number of nitrogens with zero attached hydrogens (tertiary/aromatic N) is 1. The third-order valence-corrected chi connectivity index (χ3v) is 2.22. The van der Waals surface area contributed by atoms with Gasteiger partial charge in [-0.25, -0.2) is 0 Å². The average Bonchev–Trinajstić information content (AvgIpc) is 2.35. The molecule has 1 rings (SSSR count). The molecule has 68 valence electrons. The van der Waals surface area contributed by atoms with Gasteiger partial charge in [0.05, 0.1) is 0 Å². The Kier molecular flexibility index (Phi) is 2.93. The Hall–Kier alpha value is -0.760. The highest BCUT2D eigenvalue weighted by molar-refractivity contribution is 5.13. The summed E-state index contributed by atoms with van der Waals surface area (Å²) in [4.78, 5) is 0. The third kappa shape index (κ3) is 1.89. The Bertz CT molecular complexity index is 233. The Morgan fingerprint density at radius 3 is 2.25 bits per heavy atom. The van der Waals surface area contributed by atoms with Gasteiger partial charge < -0.3 is 9.67 Å². The van der Waals surface area contributed by atoms with E-state index >= 15 is 0 Å². The van der Waals surface area contributed by atoms with E-state index in [0.717, 1.165) is 6.54 Å². The van der Waals surface area contributed by atoms with E-state index < -0.39 is 0 Å². The first-order valence-electron chi connectivity index (χ1n) is 4.38. The van der Waals surface area contributed by atoms with Crippen LogP contribution in [-0.2, 0) is 6.54 Å². The summed E-state index contributed by atoms with van der Waals surface area (Å²) in [7, 11) is 0. The lowest BCUT2D eigenvalue weighted by Gasteiger charge is -2.13. The molecule has 1 atom stereocenters. The van der Waals surface area contributed by atoms with E-state index in [0.29, 0.717) is 5.92 Å². The number of hydrogen-bond acceptors (Lipinski definition) is 1. The van der Waals surface area contributed by atoms with Crippen LogP contribution in [0.3, 0.4) is 0 Å². The maximum Gasteiger partial charge on any atom is 0.0473 e. The van der Waals surface area contributed by atoms with Gasteiger partial charge in [-0.1, -0.05) is 6.92 Å². The largest absolute Gasteiger partial charge is 0.396 e. The van der Waals surface area contributed by atoms with Gasteiger partial charge in [-0.15, -0.1) is 0 Å². The summed E-state index contributed by atoms with van der Waals surface area (Å²) in [5.74, 6) is 0.342. The molecule has 0 aromatic carbocycles. The molecule has 0 bridgehead atoms. The number of hydrogen-bond donors (Lipinski definition) is 1. The highest BCUT2D eigenvalue weighted by Crippen LogP contribution is 2.09. The Balaban J connectivity index is 2.73. The SMILES string of the molecule is Cc1ccc(C)n1CC(C)CO. The fraction of sp³-hybridized carbons (Fsp3) is 0.600.